The summed E-state index contributed by atoms with van der Waals surface area (Å²) in [5.41, 5.74) is 0. The number of likely N-dealkylation sites (N-methyl/N-ethyl adjacent to an activating group) is 1. The van der Waals surface area contributed by atoms with Crippen molar-refractivity contribution >= 4 is 12.0 Å². The van der Waals surface area contributed by atoms with Crippen molar-refractivity contribution in [2.45, 2.75) is 31.9 Å². The van der Waals surface area contributed by atoms with Gasteiger partial charge in [-0.1, -0.05) is 0 Å². The molecule has 92 valence electrons. The van der Waals surface area contributed by atoms with E-state index in [4.69, 9.17) is 9.84 Å². The maximum atomic E-state index is 11.5. The molecule has 0 aromatic heterocycles. The Balaban J connectivity index is 2.18. The van der Waals surface area contributed by atoms with Crippen LogP contribution in [0.4, 0.5) is 4.79 Å². The van der Waals surface area contributed by atoms with Crippen molar-refractivity contribution in [3.63, 3.8) is 0 Å². The van der Waals surface area contributed by atoms with Crippen LogP contribution in [0.3, 0.4) is 0 Å². The van der Waals surface area contributed by atoms with Crippen LogP contribution in [0, 0.1) is 0 Å². The van der Waals surface area contributed by atoms with E-state index in [9.17, 15) is 9.59 Å². The third-order valence-electron chi connectivity index (χ3n) is 2.54. The van der Waals surface area contributed by atoms with Crippen LogP contribution in [0.2, 0.25) is 0 Å². The standard InChI is InChI=1S/C10H18N2O4/c1-3-16-8-4-7(5-8)11-10(15)12(2)6-9(13)14/h7-8H,3-6H2,1-2H3,(H,11,15)(H,13,14). The van der Waals surface area contributed by atoms with Crippen LogP contribution < -0.4 is 5.32 Å². The van der Waals surface area contributed by atoms with Crippen LogP contribution in [-0.4, -0.2) is 54.4 Å². The first-order valence-corrected chi connectivity index (χ1v) is 5.38. The second kappa shape index (κ2) is 5.69. The van der Waals surface area contributed by atoms with E-state index in [1.807, 2.05) is 6.92 Å². The number of carbonyl (C=O) groups excluding carboxylic acids is 1. The molecule has 1 saturated carbocycles. The Bertz CT molecular complexity index is 264. The number of nitrogens with one attached hydrogen (secondary N) is 1. The normalized spacial score (nSPS) is 23.4. The molecule has 0 aromatic carbocycles. The summed E-state index contributed by atoms with van der Waals surface area (Å²) in [6, 6.07) is -0.234. The summed E-state index contributed by atoms with van der Waals surface area (Å²) in [7, 11) is 1.46. The second-order valence-electron chi connectivity index (χ2n) is 3.94. The molecule has 16 heavy (non-hydrogen) atoms. The fourth-order valence-electron chi connectivity index (χ4n) is 1.61. The fourth-order valence-corrected chi connectivity index (χ4v) is 1.61. The topological polar surface area (TPSA) is 78.9 Å². The zero-order valence-electron chi connectivity index (χ0n) is 9.60. The largest absolute Gasteiger partial charge is 0.480 e. The van der Waals surface area contributed by atoms with Crippen molar-refractivity contribution in [2.24, 2.45) is 0 Å². The predicted molar refractivity (Wildman–Crippen MR) is 57.2 cm³/mol. The number of rotatable bonds is 5. The van der Waals surface area contributed by atoms with E-state index in [1.165, 1.54) is 7.05 Å². The summed E-state index contributed by atoms with van der Waals surface area (Å²) in [5.74, 6) is -1.02. The van der Waals surface area contributed by atoms with Crippen LogP contribution in [0.5, 0.6) is 0 Å². The minimum atomic E-state index is -1.02. The van der Waals surface area contributed by atoms with Gasteiger partial charge in [0.25, 0.3) is 0 Å². The predicted octanol–water partition coefficient (Wildman–Crippen LogP) is 0.280. The SMILES string of the molecule is CCOC1CC(NC(=O)N(C)CC(=O)O)C1. The van der Waals surface area contributed by atoms with Crippen molar-refractivity contribution < 1.29 is 19.4 Å². The van der Waals surface area contributed by atoms with Gasteiger partial charge < -0.3 is 20.1 Å². The van der Waals surface area contributed by atoms with Gasteiger partial charge in [0.2, 0.25) is 0 Å². The Hall–Kier alpha value is -1.30. The first kappa shape index (κ1) is 12.8. The molecule has 1 rings (SSSR count). The van der Waals surface area contributed by atoms with Gasteiger partial charge in [-0.25, -0.2) is 4.79 Å². The first-order chi connectivity index (χ1) is 7.52. The third kappa shape index (κ3) is 3.69. The molecule has 0 aliphatic heterocycles. The Labute approximate surface area is 94.6 Å². The molecule has 0 atom stereocenters. The van der Waals surface area contributed by atoms with Crippen LogP contribution in [-0.2, 0) is 9.53 Å². The summed E-state index contributed by atoms with van der Waals surface area (Å²) < 4.78 is 5.36. The lowest BCUT2D eigenvalue weighted by atomic mass is 9.89. The molecule has 6 nitrogen and oxygen atoms in total. The van der Waals surface area contributed by atoms with Gasteiger partial charge in [-0.15, -0.1) is 0 Å². The van der Waals surface area contributed by atoms with Crippen LogP contribution in [0.1, 0.15) is 19.8 Å². The highest BCUT2D eigenvalue weighted by molar-refractivity contribution is 5.80. The van der Waals surface area contributed by atoms with Crippen molar-refractivity contribution in [2.75, 3.05) is 20.2 Å². The summed E-state index contributed by atoms with van der Waals surface area (Å²) >= 11 is 0. The smallest absolute Gasteiger partial charge is 0.323 e. The van der Waals surface area contributed by atoms with E-state index >= 15 is 0 Å². The molecule has 2 amide bonds. The van der Waals surface area contributed by atoms with Gasteiger partial charge in [-0.2, -0.15) is 0 Å². The molecule has 0 bridgehead atoms. The molecule has 0 heterocycles. The molecular formula is C10H18N2O4. The lowest BCUT2D eigenvalue weighted by molar-refractivity contribution is -0.137. The Morgan fingerprint density at radius 1 is 1.50 bits per heavy atom. The van der Waals surface area contributed by atoms with E-state index in [0.717, 1.165) is 17.7 Å². The van der Waals surface area contributed by atoms with Crippen molar-refractivity contribution in [3.8, 4) is 0 Å². The second-order valence-corrected chi connectivity index (χ2v) is 3.94. The minimum Gasteiger partial charge on any atom is -0.480 e. The fraction of sp³-hybridized carbons (Fsp3) is 0.800. The number of nitrogens with zero attached hydrogens (tertiary/aromatic N) is 1. The van der Waals surface area contributed by atoms with Gasteiger partial charge in [-0.3, -0.25) is 4.79 Å². The number of ether oxygens (including phenoxy) is 1. The van der Waals surface area contributed by atoms with E-state index in [2.05, 4.69) is 5.32 Å². The Morgan fingerprint density at radius 2 is 2.12 bits per heavy atom. The van der Waals surface area contributed by atoms with Crippen LogP contribution in [0.15, 0.2) is 0 Å². The molecule has 0 saturated heterocycles. The van der Waals surface area contributed by atoms with E-state index < -0.39 is 5.97 Å². The molecule has 6 heteroatoms. The van der Waals surface area contributed by atoms with E-state index in [1.54, 1.807) is 0 Å². The average molecular weight is 230 g/mol. The molecular weight excluding hydrogens is 212 g/mol. The van der Waals surface area contributed by atoms with E-state index in [-0.39, 0.29) is 24.7 Å². The quantitative estimate of drug-likeness (QED) is 0.711. The lowest BCUT2D eigenvalue weighted by Crippen LogP contribution is -2.51. The zero-order valence-corrected chi connectivity index (χ0v) is 9.60. The maximum absolute atomic E-state index is 11.5. The zero-order chi connectivity index (χ0) is 12.1. The molecule has 2 N–H and O–H groups in total. The summed E-state index contributed by atoms with van der Waals surface area (Å²) in [6.45, 7) is 2.34. The van der Waals surface area contributed by atoms with Gasteiger partial charge in [-0.05, 0) is 19.8 Å². The minimum absolute atomic E-state index is 0.111. The number of urea groups is 1. The monoisotopic (exact) mass is 230 g/mol. The summed E-state index contributed by atoms with van der Waals surface area (Å²) in [6.07, 6.45) is 1.85. The van der Waals surface area contributed by atoms with Crippen molar-refractivity contribution in [1.82, 2.24) is 10.2 Å². The van der Waals surface area contributed by atoms with Crippen LogP contribution in [0.25, 0.3) is 0 Å². The number of hydrogen-bond donors (Lipinski definition) is 2. The maximum Gasteiger partial charge on any atom is 0.323 e. The highest BCUT2D eigenvalue weighted by Crippen LogP contribution is 2.23. The Morgan fingerprint density at radius 3 is 2.62 bits per heavy atom. The van der Waals surface area contributed by atoms with Crippen molar-refractivity contribution in [1.29, 1.82) is 0 Å². The van der Waals surface area contributed by atoms with Gasteiger partial charge in [0.15, 0.2) is 0 Å². The average Bonchev–Trinajstić information content (AvgIpc) is 2.13. The molecule has 1 aliphatic rings. The molecule has 1 aliphatic carbocycles. The van der Waals surface area contributed by atoms with Crippen LogP contribution >= 0.6 is 0 Å². The van der Waals surface area contributed by atoms with Crippen molar-refractivity contribution in [3.05, 3.63) is 0 Å². The number of carboxylic acids is 1. The highest BCUT2D eigenvalue weighted by atomic mass is 16.5. The lowest BCUT2D eigenvalue weighted by Gasteiger charge is -2.36. The number of carboxylic acid groups (broad SMARTS) is 1. The molecule has 0 radical (unpaired) electrons. The number of aliphatic carboxylic acids is 1. The highest BCUT2D eigenvalue weighted by Gasteiger charge is 2.31. The van der Waals surface area contributed by atoms with Gasteiger partial charge >= 0.3 is 12.0 Å². The molecule has 0 aromatic rings. The van der Waals surface area contributed by atoms with Gasteiger partial charge in [0.05, 0.1) is 6.10 Å². The van der Waals surface area contributed by atoms with Gasteiger partial charge in [0.1, 0.15) is 6.54 Å². The first-order valence-electron chi connectivity index (χ1n) is 5.38. The Kier molecular flexibility index (Phi) is 4.54. The van der Waals surface area contributed by atoms with Gasteiger partial charge in [0, 0.05) is 19.7 Å². The molecule has 0 unspecified atom stereocenters. The number of amides is 2. The number of hydrogen-bond acceptors (Lipinski definition) is 3. The third-order valence-corrected chi connectivity index (χ3v) is 2.54. The van der Waals surface area contributed by atoms with E-state index in [0.29, 0.717) is 6.61 Å². The summed E-state index contributed by atoms with van der Waals surface area (Å²) in [4.78, 5) is 23.0. The molecule has 1 fully saturated rings. The summed E-state index contributed by atoms with van der Waals surface area (Å²) in [5, 5.41) is 11.3. The number of carbonyl (C=O) groups is 2. The molecule has 0 spiro atoms.